The Hall–Kier alpha value is -2.99. The molecule has 29 heavy (non-hydrogen) atoms. The second kappa shape index (κ2) is 9.47. The van der Waals surface area contributed by atoms with E-state index in [-0.39, 0.29) is 19.1 Å². The second-order valence-electron chi connectivity index (χ2n) is 6.60. The van der Waals surface area contributed by atoms with Crippen LogP contribution in [-0.2, 0) is 22.5 Å². The molecule has 3 aromatic rings. The van der Waals surface area contributed by atoms with Gasteiger partial charge in [-0.15, -0.1) is 11.3 Å². The highest BCUT2D eigenvalue weighted by Gasteiger charge is 2.26. The first-order valence-corrected chi connectivity index (χ1v) is 10.5. The van der Waals surface area contributed by atoms with Crippen LogP contribution in [0.2, 0.25) is 0 Å². The van der Waals surface area contributed by atoms with E-state index in [1.54, 1.807) is 6.92 Å². The first-order valence-electron chi connectivity index (χ1n) is 9.67. The summed E-state index contributed by atoms with van der Waals surface area (Å²) in [4.78, 5) is 26.3. The Labute approximate surface area is 175 Å². The summed E-state index contributed by atoms with van der Waals surface area (Å²) < 4.78 is 7.10. The van der Waals surface area contributed by atoms with Gasteiger partial charge in [-0.2, -0.15) is 4.57 Å². The molecule has 5 nitrogen and oxygen atoms in total. The highest BCUT2D eigenvalue weighted by atomic mass is 32.1. The largest absolute Gasteiger partial charge is 0.462 e. The number of pyridine rings is 1. The third-order valence-corrected chi connectivity index (χ3v) is 5.59. The maximum atomic E-state index is 12.7. The van der Waals surface area contributed by atoms with Crippen molar-refractivity contribution in [2.45, 2.75) is 33.7 Å². The molecule has 2 aromatic heterocycles. The van der Waals surface area contributed by atoms with Crippen molar-refractivity contribution in [2.75, 3.05) is 11.9 Å². The summed E-state index contributed by atoms with van der Waals surface area (Å²) in [5, 5.41) is 3.44. The minimum absolute atomic E-state index is 0.171. The van der Waals surface area contributed by atoms with Crippen LogP contribution in [0.25, 0.3) is 11.1 Å². The third kappa shape index (κ3) is 4.90. The van der Waals surface area contributed by atoms with Gasteiger partial charge in [-0.1, -0.05) is 37.3 Å². The van der Waals surface area contributed by atoms with Gasteiger partial charge in [0.1, 0.15) is 10.6 Å². The highest BCUT2D eigenvalue weighted by molar-refractivity contribution is 7.17. The molecule has 0 radical (unpaired) electrons. The third-order valence-electron chi connectivity index (χ3n) is 4.57. The van der Waals surface area contributed by atoms with Crippen molar-refractivity contribution < 1.29 is 18.9 Å². The lowest BCUT2D eigenvalue weighted by atomic mass is 10.0. The number of rotatable bonds is 7. The molecule has 1 N–H and O–H groups in total. The molecule has 1 aromatic carbocycles. The number of hydrogen-bond donors (Lipinski definition) is 1. The molecule has 0 saturated carbocycles. The van der Waals surface area contributed by atoms with E-state index in [0.29, 0.717) is 10.6 Å². The van der Waals surface area contributed by atoms with Gasteiger partial charge in [-0.05, 0) is 31.4 Å². The van der Waals surface area contributed by atoms with Crippen LogP contribution in [0.4, 0.5) is 5.00 Å². The highest BCUT2D eigenvalue weighted by Crippen LogP contribution is 2.40. The van der Waals surface area contributed by atoms with Crippen molar-refractivity contribution in [2.24, 2.45) is 0 Å². The monoisotopic (exact) mass is 409 g/mol. The SMILES string of the molecule is CCOC(=O)c1c(NC(=O)C[n+]2ccc(CC)cc2)sc(C)c1-c1ccccc1. The Morgan fingerprint density at radius 1 is 1.07 bits per heavy atom. The summed E-state index contributed by atoms with van der Waals surface area (Å²) in [6.07, 6.45) is 4.73. The number of amides is 1. The fourth-order valence-corrected chi connectivity index (χ4v) is 4.22. The number of carbonyl (C=O) groups excluding carboxylic acids is 2. The van der Waals surface area contributed by atoms with Crippen LogP contribution in [0, 0.1) is 6.92 Å². The maximum absolute atomic E-state index is 12.7. The number of hydrogen-bond acceptors (Lipinski definition) is 4. The number of nitrogens with one attached hydrogen (secondary N) is 1. The second-order valence-corrected chi connectivity index (χ2v) is 7.83. The van der Waals surface area contributed by atoms with E-state index in [9.17, 15) is 9.59 Å². The summed E-state index contributed by atoms with van der Waals surface area (Å²) in [7, 11) is 0. The quantitative estimate of drug-likeness (QED) is 0.465. The van der Waals surface area contributed by atoms with Crippen LogP contribution in [-0.4, -0.2) is 18.5 Å². The topological polar surface area (TPSA) is 59.3 Å². The number of aromatic nitrogens is 1. The zero-order chi connectivity index (χ0) is 20.8. The number of thiophene rings is 1. The van der Waals surface area contributed by atoms with Crippen molar-refractivity contribution >= 4 is 28.2 Å². The van der Waals surface area contributed by atoms with Crippen molar-refractivity contribution in [1.82, 2.24) is 0 Å². The maximum Gasteiger partial charge on any atom is 0.341 e. The number of aryl methyl sites for hydroxylation is 2. The van der Waals surface area contributed by atoms with Crippen LogP contribution in [0.3, 0.4) is 0 Å². The summed E-state index contributed by atoms with van der Waals surface area (Å²) in [5.74, 6) is -0.614. The van der Waals surface area contributed by atoms with Crippen molar-refractivity contribution in [3.05, 3.63) is 70.9 Å². The predicted molar refractivity (Wildman–Crippen MR) is 115 cm³/mol. The van der Waals surface area contributed by atoms with Crippen molar-refractivity contribution in [3.63, 3.8) is 0 Å². The molecule has 6 heteroatoms. The van der Waals surface area contributed by atoms with Crippen LogP contribution in [0.5, 0.6) is 0 Å². The minimum Gasteiger partial charge on any atom is -0.462 e. The Kier molecular flexibility index (Phi) is 6.77. The summed E-state index contributed by atoms with van der Waals surface area (Å²) in [6, 6.07) is 13.7. The normalized spacial score (nSPS) is 10.6. The van der Waals surface area contributed by atoms with E-state index in [2.05, 4.69) is 12.2 Å². The molecular formula is C23H25N2O3S+. The van der Waals surface area contributed by atoms with E-state index < -0.39 is 5.97 Å². The molecule has 0 spiro atoms. The predicted octanol–water partition coefficient (Wildman–Crippen LogP) is 4.39. The van der Waals surface area contributed by atoms with E-state index in [1.165, 1.54) is 16.9 Å². The molecule has 3 rings (SSSR count). The van der Waals surface area contributed by atoms with Gasteiger partial charge in [0.2, 0.25) is 6.54 Å². The van der Waals surface area contributed by atoms with Gasteiger partial charge in [0.05, 0.1) is 6.61 Å². The molecule has 0 fully saturated rings. The van der Waals surface area contributed by atoms with E-state index in [4.69, 9.17) is 4.74 Å². The molecule has 0 atom stereocenters. The van der Waals surface area contributed by atoms with Crippen LogP contribution >= 0.6 is 11.3 Å². The van der Waals surface area contributed by atoms with E-state index in [1.807, 2.05) is 66.3 Å². The summed E-state index contributed by atoms with van der Waals surface area (Å²) in [6.45, 7) is 6.25. The molecule has 0 aliphatic heterocycles. The van der Waals surface area contributed by atoms with Crippen molar-refractivity contribution in [3.8, 4) is 11.1 Å². The number of nitrogens with zero attached hydrogens (tertiary/aromatic N) is 1. The van der Waals surface area contributed by atoms with Gasteiger partial charge in [0.15, 0.2) is 12.4 Å². The van der Waals surface area contributed by atoms with Gasteiger partial charge in [0, 0.05) is 22.6 Å². The number of carbonyl (C=O) groups is 2. The summed E-state index contributed by atoms with van der Waals surface area (Å²) >= 11 is 1.39. The van der Waals surface area contributed by atoms with Gasteiger partial charge in [-0.25, -0.2) is 4.79 Å². The smallest absolute Gasteiger partial charge is 0.341 e. The van der Waals surface area contributed by atoms with Gasteiger partial charge in [-0.3, -0.25) is 4.79 Å². The molecule has 0 bridgehead atoms. The van der Waals surface area contributed by atoms with Gasteiger partial charge < -0.3 is 10.1 Å². The van der Waals surface area contributed by atoms with Gasteiger partial charge >= 0.3 is 5.97 Å². The van der Waals surface area contributed by atoms with Crippen LogP contribution in [0.1, 0.15) is 34.6 Å². The van der Waals surface area contributed by atoms with E-state index >= 15 is 0 Å². The minimum atomic E-state index is -0.425. The molecule has 0 aliphatic carbocycles. The van der Waals surface area contributed by atoms with Gasteiger partial charge in [0.25, 0.3) is 5.91 Å². The lowest BCUT2D eigenvalue weighted by molar-refractivity contribution is -0.684. The summed E-state index contributed by atoms with van der Waals surface area (Å²) in [5.41, 5.74) is 3.37. The molecule has 0 aliphatic rings. The molecule has 0 saturated heterocycles. The number of anilines is 1. The molecule has 2 heterocycles. The molecular weight excluding hydrogens is 384 g/mol. The Morgan fingerprint density at radius 3 is 2.38 bits per heavy atom. The van der Waals surface area contributed by atoms with Crippen LogP contribution in [0.15, 0.2) is 54.9 Å². The zero-order valence-corrected chi connectivity index (χ0v) is 17.7. The molecule has 150 valence electrons. The Balaban J connectivity index is 1.89. The molecule has 1 amide bonds. The zero-order valence-electron chi connectivity index (χ0n) is 16.9. The first kappa shape index (κ1) is 20.7. The average molecular weight is 410 g/mol. The Bertz CT molecular complexity index is 995. The van der Waals surface area contributed by atoms with Crippen LogP contribution < -0.4 is 9.88 Å². The average Bonchev–Trinajstić information content (AvgIpc) is 3.05. The fourth-order valence-electron chi connectivity index (χ4n) is 3.14. The van der Waals surface area contributed by atoms with E-state index in [0.717, 1.165) is 22.4 Å². The number of ether oxygens (including phenoxy) is 1. The lowest BCUT2D eigenvalue weighted by Gasteiger charge is -2.08. The first-order chi connectivity index (χ1) is 14.0. The standard InChI is InChI=1S/C23H24N2O3S/c1-4-17-11-13-25(14-12-17)15-19(26)24-22-21(23(27)28-5-2)20(16(3)29-22)18-9-7-6-8-10-18/h6-14H,4-5,15H2,1-3H3/p+1. The number of benzene rings is 1. The molecule has 0 unspecified atom stereocenters. The lowest BCUT2D eigenvalue weighted by Crippen LogP contribution is -2.39. The fraction of sp³-hybridized carbons (Fsp3) is 0.261. The van der Waals surface area contributed by atoms with Crippen molar-refractivity contribution in [1.29, 1.82) is 0 Å². The number of esters is 1. The Morgan fingerprint density at radius 2 is 1.76 bits per heavy atom.